The van der Waals surface area contributed by atoms with Gasteiger partial charge in [-0.2, -0.15) is 0 Å². The van der Waals surface area contributed by atoms with Crippen molar-refractivity contribution in [2.45, 2.75) is 39.5 Å². The van der Waals surface area contributed by atoms with Gasteiger partial charge >= 0.3 is 0 Å². The minimum atomic E-state index is 0.483. The summed E-state index contributed by atoms with van der Waals surface area (Å²) in [6.07, 6.45) is 0. The Labute approximate surface area is 140 Å². The maximum atomic E-state index is 5.68. The molecule has 0 aliphatic carbocycles. The Balaban J connectivity index is 2.22. The van der Waals surface area contributed by atoms with Crippen molar-refractivity contribution in [1.29, 1.82) is 0 Å². The monoisotopic (exact) mass is 319 g/mol. The molecule has 1 heterocycles. The van der Waals surface area contributed by atoms with Crippen molar-refractivity contribution >= 4 is 23.0 Å². The Morgan fingerprint density at radius 1 is 1.00 bits per heavy atom. The number of nitrogens with zero attached hydrogens (tertiary/aromatic N) is 2. The van der Waals surface area contributed by atoms with E-state index >= 15 is 0 Å². The van der Waals surface area contributed by atoms with Gasteiger partial charge in [0.15, 0.2) is 5.11 Å². The average molecular weight is 320 g/mol. The van der Waals surface area contributed by atoms with E-state index in [0.29, 0.717) is 11.8 Å². The number of likely N-dealkylation sites (N-methyl/N-ethyl adjacent to an activating group) is 1. The Kier molecular flexibility index (Phi) is 5.81. The Morgan fingerprint density at radius 3 is 1.95 bits per heavy atom. The summed E-state index contributed by atoms with van der Waals surface area (Å²) >= 11 is 5.68. The summed E-state index contributed by atoms with van der Waals surface area (Å²) in [5, 5.41) is 4.43. The van der Waals surface area contributed by atoms with E-state index in [0.717, 1.165) is 31.3 Å². The Morgan fingerprint density at radius 2 is 1.50 bits per heavy atom. The number of para-hydroxylation sites is 1. The Hall–Kier alpha value is -1.13. The second-order valence-corrected chi connectivity index (χ2v) is 7.23. The lowest BCUT2D eigenvalue weighted by Gasteiger charge is -2.35. The average Bonchev–Trinajstić information content (AvgIpc) is 2.47. The SMILES string of the molecule is CC(C)c1cccc(C(C)C)c1NC(=S)N1CCN(C)CC1. The topological polar surface area (TPSA) is 18.5 Å². The minimum Gasteiger partial charge on any atom is -0.346 e. The molecule has 0 aromatic heterocycles. The zero-order chi connectivity index (χ0) is 16.3. The van der Waals surface area contributed by atoms with Crippen LogP contribution in [0, 0.1) is 0 Å². The zero-order valence-electron chi connectivity index (χ0n) is 14.5. The molecule has 0 bridgehead atoms. The van der Waals surface area contributed by atoms with E-state index in [9.17, 15) is 0 Å². The molecule has 122 valence electrons. The number of hydrogen-bond acceptors (Lipinski definition) is 2. The molecule has 1 aromatic rings. The third kappa shape index (κ3) is 3.99. The largest absolute Gasteiger partial charge is 0.346 e. The predicted octanol–water partition coefficient (Wildman–Crippen LogP) is 3.88. The normalized spacial score (nSPS) is 16.4. The summed E-state index contributed by atoms with van der Waals surface area (Å²) in [6.45, 7) is 13.1. The van der Waals surface area contributed by atoms with Crippen molar-refractivity contribution < 1.29 is 0 Å². The minimum absolute atomic E-state index is 0.483. The van der Waals surface area contributed by atoms with Crippen molar-refractivity contribution in [3.63, 3.8) is 0 Å². The van der Waals surface area contributed by atoms with E-state index in [1.165, 1.54) is 16.8 Å². The lowest BCUT2D eigenvalue weighted by Crippen LogP contribution is -2.48. The van der Waals surface area contributed by atoms with Crippen LogP contribution in [-0.4, -0.2) is 48.1 Å². The lowest BCUT2D eigenvalue weighted by molar-refractivity contribution is 0.217. The summed E-state index contributed by atoms with van der Waals surface area (Å²) in [6, 6.07) is 6.59. The fraction of sp³-hybridized carbons (Fsp3) is 0.611. The summed E-state index contributed by atoms with van der Waals surface area (Å²) < 4.78 is 0. The van der Waals surface area contributed by atoms with E-state index in [1.807, 2.05) is 0 Å². The van der Waals surface area contributed by atoms with Crippen molar-refractivity contribution in [3.05, 3.63) is 29.3 Å². The zero-order valence-corrected chi connectivity index (χ0v) is 15.3. The number of anilines is 1. The van der Waals surface area contributed by atoms with Crippen LogP contribution in [0.4, 0.5) is 5.69 Å². The van der Waals surface area contributed by atoms with Gasteiger partial charge in [0, 0.05) is 31.9 Å². The van der Waals surface area contributed by atoms with Crippen LogP contribution in [0.2, 0.25) is 0 Å². The number of thiocarbonyl (C=S) groups is 1. The number of hydrogen-bond donors (Lipinski definition) is 1. The Bertz CT molecular complexity index is 491. The van der Waals surface area contributed by atoms with Crippen molar-refractivity contribution in [2.75, 3.05) is 38.5 Å². The number of benzene rings is 1. The molecule has 1 aliphatic heterocycles. The first-order chi connectivity index (χ1) is 10.4. The van der Waals surface area contributed by atoms with Crippen molar-refractivity contribution in [3.8, 4) is 0 Å². The van der Waals surface area contributed by atoms with Crippen LogP contribution in [-0.2, 0) is 0 Å². The second-order valence-electron chi connectivity index (χ2n) is 6.84. The van der Waals surface area contributed by atoms with Gasteiger partial charge < -0.3 is 15.1 Å². The molecule has 1 fully saturated rings. The highest BCUT2D eigenvalue weighted by molar-refractivity contribution is 7.80. The third-order valence-corrected chi connectivity index (χ3v) is 4.76. The summed E-state index contributed by atoms with van der Waals surface area (Å²) in [7, 11) is 2.17. The van der Waals surface area contributed by atoms with E-state index in [4.69, 9.17) is 12.2 Å². The molecule has 2 rings (SSSR count). The first-order valence-corrected chi connectivity index (χ1v) is 8.68. The van der Waals surface area contributed by atoms with E-state index in [-0.39, 0.29) is 0 Å². The molecule has 0 unspecified atom stereocenters. The van der Waals surface area contributed by atoms with E-state index < -0.39 is 0 Å². The van der Waals surface area contributed by atoms with Crippen LogP contribution in [0.25, 0.3) is 0 Å². The van der Waals surface area contributed by atoms with Crippen LogP contribution in [0.1, 0.15) is 50.7 Å². The summed E-state index contributed by atoms with van der Waals surface area (Å²) in [5.41, 5.74) is 3.92. The number of nitrogens with one attached hydrogen (secondary N) is 1. The lowest BCUT2D eigenvalue weighted by atomic mass is 9.93. The van der Waals surface area contributed by atoms with Gasteiger partial charge in [-0.05, 0) is 42.2 Å². The third-order valence-electron chi connectivity index (χ3n) is 4.40. The molecular formula is C18H29N3S. The second kappa shape index (κ2) is 7.42. The molecule has 1 saturated heterocycles. The van der Waals surface area contributed by atoms with Crippen LogP contribution in [0.15, 0.2) is 18.2 Å². The van der Waals surface area contributed by atoms with Crippen molar-refractivity contribution in [2.24, 2.45) is 0 Å². The maximum absolute atomic E-state index is 5.68. The van der Waals surface area contributed by atoms with Gasteiger partial charge in [0.05, 0.1) is 0 Å². The van der Waals surface area contributed by atoms with Gasteiger partial charge in [0.1, 0.15) is 0 Å². The van der Waals surface area contributed by atoms with E-state index in [2.05, 4.69) is 68.1 Å². The fourth-order valence-electron chi connectivity index (χ4n) is 2.89. The van der Waals surface area contributed by atoms with Crippen LogP contribution in [0.5, 0.6) is 0 Å². The van der Waals surface area contributed by atoms with Gasteiger partial charge in [-0.15, -0.1) is 0 Å². The van der Waals surface area contributed by atoms with Gasteiger partial charge in [-0.3, -0.25) is 0 Å². The highest BCUT2D eigenvalue weighted by Gasteiger charge is 2.19. The van der Waals surface area contributed by atoms with Gasteiger partial charge in [0.2, 0.25) is 0 Å². The smallest absolute Gasteiger partial charge is 0.173 e. The highest BCUT2D eigenvalue weighted by atomic mass is 32.1. The molecule has 4 heteroatoms. The predicted molar refractivity (Wildman–Crippen MR) is 99.9 cm³/mol. The molecule has 1 N–H and O–H groups in total. The van der Waals surface area contributed by atoms with Crippen LogP contribution < -0.4 is 5.32 Å². The molecule has 0 radical (unpaired) electrons. The summed E-state index contributed by atoms with van der Waals surface area (Å²) in [5.74, 6) is 0.966. The van der Waals surface area contributed by atoms with Crippen LogP contribution in [0.3, 0.4) is 0 Å². The van der Waals surface area contributed by atoms with Gasteiger partial charge in [-0.25, -0.2) is 0 Å². The number of piperazine rings is 1. The molecule has 1 aromatic carbocycles. The fourth-order valence-corrected chi connectivity index (χ4v) is 3.18. The molecule has 1 aliphatic rings. The molecular weight excluding hydrogens is 290 g/mol. The van der Waals surface area contributed by atoms with Gasteiger partial charge in [0.25, 0.3) is 0 Å². The maximum Gasteiger partial charge on any atom is 0.173 e. The molecule has 3 nitrogen and oxygen atoms in total. The quantitative estimate of drug-likeness (QED) is 0.852. The standard InChI is InChI=1S/C18H29N3S/c1-13(2)15-7-6-8-16(14(3)4)17(15)19-18(22)21-11-9-20(5)10-12-21/h6-8,13-14H,9-12H2,1-5H3,(H,19,22). The number of rotatable bonds is 3. The van der Waals surface area contributed by atoms with E-state index in [1.54, 1.807) is 0 Å². The van der Waals surface area contributed by atoms with Crippen LogP contribution >= 0.6 is 12.2 Å². The van der Waals surface area contributed by atoms with Crippen molar-refractivity contribution in [1.82, 2.24) is 9.80 Å². The molecule has 0 atom stereocenters. The van der Waals surface area contributed by atoms with Gasteiger partial charge in [-0.1, -0.05) is 45.9 Å². The first-order valence-electron chi connectivity index (χ1n) is 8.27. The molecule has 22 heavy (non-hydrogen) atoms. The highest BCUT2D eigenvalue weighted by Crippen LogP contribution is 2.32. The molecule has 0 spiro atoms. The molecule has 0 amide bonds. The molecule has 0 saturated carbocycles. The summed E-state index contributed by atoms with van der Waals surface area (Å²) in [4.78, 5) is 4.64. The first kappa shape index (κ1) is 17.2.